The van der Waals surface area contributed by atoms with Gasteiger partial charge in [0.25, 0.3) is 5.91 Å². The number of amides is 1. The van der Waals surface area contributed by atoms with Gasteiger partial charge in [-0.2, -0.15) is 0 Å². The number of aromatic nitrogens is 1. The molecular formula is C13H18N2O5. The van der Waals surface area contributed by atoms with Crippen LogP contribution in [0.3, 0.4) is 0 Å². The molecule has 0 bridgehead atoms. The first-order chi connectivity index (χ1) is 9.66. The minimum absolute atomic E-state index is 0.0416. The summed E-state index contributed by atoms with van der Waals surface area (Å²) in [4.78, 5) is 22.2. The summed E-state index contributed by atoms with van der Waals surface area (Å²) in [6, 6.07) is 1.10. The van der Waals surface area contributed by atoms with E-state index >= 15 is 0 Å². The number of carbonyl (C=O) groups excluding carboxylic acids is 1. The zero-order valence-electron chi connectivity index (χ0n) is 11.1. The van der Waals surface area contributed by atoms with E-state index in [1.807, 2.05) is 0 Å². The molecule has 0 saturated heterocycles. The monoisotopic (exact) mass is 282 g/mol. The van der Waals surface area contributed by atoms with Gasteiger partial charge < -0.3 is 19.7 Å². The second kappa shape index (κ2) is 7.04. The smallest absolute Gasteiger partial charge is 0.374 e. The van der Waals surface area contributed by atoms with Crippen molar-refractivity contribution in [1.82, 2.24) is 10.5 Å². The third-order valence-electron chi connectivity index (χ3n) is 3.25. The molecule has 0 aliphatic heterocycles. The van der Waals surface area contributed by atoms with E-state index in [2.05, 4.69) is 15.0 Å². The number of aromatic carboxylic acids is 1. The van der Waals surface area contributed by atoms with Crippen molar-refractivity contribution in [2.75, 3.05) is 13.2 Å². The number of rotatable bonds is 6. The van der Waals surface area contributed by atoms with Crippen molar-refractivity contribution in [2.24, 2.45) is 0 Å². The molecule has 2 N–H and O–H groups in total. The van der Waals surface area contributed by atoms with Crippen molar-refractivity contribution < 1.29 is 24.0 Å². The normalized spacial score (nSPS) is 16.0. The van der Waals surface area contributed by atoms with Crippen molar-refractivity contribution in [3.05, 3.63) is 17.5 Å². The van der Waals surface area contributed by atoms with Gasteiger partial charge in [-0.05, 0) is 12.8 Å². The minimum Gasteiger partial charge on any atom is -0.475 e. The maximum Gasteiger partial charge on any atom is 0.374 e. The van der Waals surface area contributed by atoms with Crippen LogP contribution in [0.15, 0.2) is 10.6 Å². The van der Waals surface area contributed by atoms with Crippen LogP contribution in [0.2, 0.25) is 0 Å². The van der Waals surface area contributed by atoms with E-state index in [-0.39, 0.29) is 11.5 Å². The predicted octanol–water partition coefficient (Wildman–Crippen LogP) is 1.45. The highest BCUT2D eigenvalue weighted by Crippen LogP contribution is 2.19. The van der Waals surface area contributed by atoms with Crippen molar-refractivity contribution in [3.8, 4) is 0 Å². The van der Waals surface area contributed by atoms with Crippen LogP contribution in [-0.4, -0.2) is 41.4 Å². The molecule has 0 atom stereocenters. The van der Waals surface area contributed by atoms with Crippen LogP contribution in [-0.2, 0) is 4.74 Å². The summed E-state index contributed by atoms with van der Waals surface area (Å²) in [5, 5.41) is 14.7. The Morgan fingerprint density at radius 3 is 2.80 bits per heavy atom. The first kappa shape index (κ1) is 14.5. The Hall–Kier alpha value is -1.89. The van der Waals surface area contributed by atoms with E-state index in [1.54, 1.807) is 0 Å². The zero-order chi connectivity index (χ0) is 14.4. The van der Waals surface area contributed by atoms with Crippen LogP contribution in [0.4, 0.5) is 0 Å². The van der Waals surface area contributed by atoms with Gasteiger partial charge in [0.2, 0.25) is 5.76 Å². The molecule has 0 radical (unpaired) electrons. The largest absolute Gasteiger partial charge is 0.475 e. The van der Waals surface area contributed by atoms with Gasteiger partial charge in [0.1, 0.15) is 0 Å². The summed E-state index contributed by atoms with van der Waals surface area (Å²) < 4.78 is 10.2. The summed E-state index contributed by atoms with van der Waals surface area (Å²) in [7, 11) is 0. The second-order valence-electron chi connectivity index (χ2n) is 4.77. The van der Waals surface area contributed by atoms with Gasteiger partial charge in [-0.3, -0.25) is 4.79 Å². The van der Waals surface area contributed by atoms with Crippen molar-refractivity contribution in [3.63, 3.8) is 0 Å². The lowest BCUT2D eigenvalue weighted by Gasteiger charge is -2.21. The predicted molar refractivity (Wildman–Crippen MR) is 68.6 cm³/mol. The van der Waals surface area contributed by atoms with Crippen LogP contribution in [0, 0.1) is 0 Å². The number of nitrogens with one attached hydrogen (secondary N) is 1. The van der Waals surface area contributed by atoms with Crippen LogP contribution in [0.1, 0.15) is 53.1 Å². The van der Waals surface area contributed by atoms with Crippen molar-refractivity contribution in [2.45, 2.75) is 38.2 Å². The highest BCUT2D eigenvalue weighted by Gasteiger charge is 2.17. The maximum absolute atomic E-state index is 11.6. The summed E-state index contributed by atoms with van der Waals surface area (Å²) in [5.41, 5.74) is -0.0416. The molecule has 2 rings (SSSR count). The molecule has 1 aromatic heterocycles. The Labute approximate surface area is 116 Å². The van der Waals surface area contributed by atoms with Crippen LogP contribution in [0.5, 0.6) is 0 Å². The topological polar surface area (TPSA) is 102 Å². The average molecular weight is 282 g/mol. The SMILES string of the molecule is O=C(NCCOC1CCCCC1)c1cc(C(=O)O)on1. The van der Waals surface area contributed by atoms with Crippen molar-refractivity contribution in [1.29, 1.82) is 0 Å². The maximum atomic E-state index is 11.6. The fraction of sp³-hybridized carbons (Fsp3) is 0.615. The fourth-order valence-electron chi connectivity index (χ4n) is 2.20. The number of carboxylic acids is 1. The van der Waals surface area contributed by atoms with E-state index < -0.39 is 11.9 Å². The molecule has 0 spiro atoms. The van der Waals surface area contributed by atoms with Gasteiger partial charge in [-0.25, -0.2) is 4.79 Å². The summed E-state index contributed by atoms with van der Waals surface area (Å²) in [6.45, 7) is 0.810. The van der Waals surface area contributed by atoms with Gasteiger partial charge in [0.05, 0.1) is 12.7 Å². The lowest BCUT2D eigenvalue weighted by molar-refractivity contribution is 0.0299. The van der Waals surface area contributed by atoms with Crippen LogP contribution < -0.4 is 5.32 Å². The molecule has 7 heteroatoms. The molecule has 1 fully saturated rings. The van der Waals surface area contributed by atoms with Crippen LogP contribution in [0.25, 0.3) is 0 Å². The molecule has 1 amide bonds. The number of carboxylic acid groups (broad SMARTS) is 1. The lowest BCUT2D eigenvalue weighted by atomic mass is 9.98. The molecule has 1 aromatic rings. The van der Waals surface area contributed by atoms with Gasteiger partial charge >= 0.3 is 5.97 Å². The molecule has 1 aliphatic carbocycles. The standard InChI is InChI=1S/C13H18N2O5/c16-12(10-8-11(13(17)18)20-15-10)14-6-7-19-9-4-2-1-3-5-9/h8-9H,1-7H2,(H,14,16)(H,17,18). The van der Waals surface area contributed by atoms with E-state index in [0.29, 0.717) is 19.3 Å². The number of carbonyl (C=O) groups is 2. The third-order valence-corrected chi connectivity index (χ3v) is 3.25. The number of nitrogens with zero attached hydrogens (tertiary/aromatic N) is 1. The Bertz CT molecular complexity index is 465. The molecule has 0 aromatic carbocycles. The van der Waals surface area contributed by atoms with E-state index in [0.717, 1.165) is 18.9 Å². The first-order valence-corrected chi connectivity index (χ1v) is 6.76. The minimum atomic E-state index is -1.25. The Morgan fingerprint density at radius 2 is 2.15 bits per heavy atom. The van der Waals surface area contributed by atoms with Crippen LogP contribution >= 0.6 is 0 Å². The summed E-state index contributed by atoms with van der Waals surface area (Å²) in [6.07, 6.45) is 6.14. The molecular weight excluding hydrogens is 264 g/mol. The Kier molecular flexibility index (Phi) is 5.11. The highest BCUT2D eigenvalue weighted by molar-refractivity contribution is 5.94. The fourth-order valence-corrected chi connectivity index (χ4v) is 2.20. The first-order valence-electron chi connectivity index (χ1n) is 6.76. The Morgan fingerprint density at radius 1 is 1.40 bits per heavy atom. The van der Waals surface area contributed by atoms with Crippen molar-refractivity contribution >= 4 is 11.9 Å². The number of ether oxygens (including phenoxy) is 1. The highest BCUT2D eigenvalue weighted by atomic mass is 16.5. The third kappa shape index (κ3) is 4.06. The molecule has 20 heavy (non-hydrogen) atoms. The quantitative estimate of drug-likeness (QED) is 0.766. The molecule has 1 saturated carbocycles. The van der Waals surface area contributed by atoms with Gasteiger partial charge in [0, 0.05) is 12.6 Å². The molecule has 7 nitrogen and oxygen atoms in total. The van der Waals surface area contributed by atoms with Gasteiger partial charge in [0.15, 0.2) is 5.69 Å². The number of hydrogen-bond acceptors (Lipinski definition) is 5. The van der Waals surface area contributed by atoms with E-state index in [1.165, 1.54) is 19.3 Å². The second-order valence-corrected chi connectivity index (χ2v) is 4.77. The molecule has 1 heterocycles. The number of hydrogen-bond donors (Lipinski definition) is 2. The molecule has 110 valence electrons. The molecule has 1 aliphatic rings. The van der Waals surface area contributed by atoms with E-state index in [4.69, 9.17) is 9.84 Å². The van der Waals surface area contributed by atoms with Gasteiger partial charge in [-0.15, -0.1) is 0 Å². The van der Waals surface area contributed by atoms with E-state index in [9.17, 15) is 9.59 Å². The van der Waals surface area contributed by atoms with Gasteiger partial charge in [-0.1, -0.05) is 24.4 Å². The zero-order valence-corrected chi connectivity index (χ0v) is 11.1. The average Bonchev–Trinajstić information content (AvgIpc) is 2.94. The summed E-state index contributed by atoms with van der Waals surface area (Å²) in [5.74, 6) is -2.07. The summed E-state index contributed by atoms with van der Waals surface area (Å²) >= 11 is 0. The lowest BCUT2D eigenvalue weighted by Crippen LogP contribution is -2.29. The Balaban J connectivity index is 1.67. The molecule has 0 unspecified atom stereocenters.